The van der Waals surface area contributed by atoms with Crippen LogP contribution in [-0.2, 0) is 19.2 Å². The molecule has 0 fully saturated rings. The number of urea groups is 1. The zero-order valence-corrected chi connectivity index (χ0v) is 14.9. The molecule has 0 radical (unpaired) electrons. The second-order valence-corrected chi connectivity index (χ2v) is 5.85. The lowest BCUT2D eigenvalue weighted by Crippen LogP contribution is -2.45. The molecular formula is C16H28N4O5. The molecule has 0 saturated carbocycles. The number of carbonyl (C=O) groups is 5. The number of nitrogens with two attached hydrogens (primary N) is 1. The summed E-state index contributed by atoms with van der Waals surface area (Å²) < 4.78 is 0. The van der Waals surface area contributed by atoms with Gasteiger partial charge >= 0.3 is 6.03 Å². The number of ketones is 2. The van der Waals surface area contributed by atoms with Crippen molar-refractivity contribution < 1.29 is 24.0 Å². The SMILES string of the molecule is CC(=O)CCCCC(=O)NCC(=O)NC(CCCNC(N)=O)C(C)=O. The Morgan fingerprint density at radius 3 is 2.08 bits per heavy atom. The van der Waals surface area contributed by atoms with Crippen molar-refractivity contribution in [3.8, 4) is 0 Å². The van der Waals surface area contributed by atoms with Crippen molar-refractivity contribution in [2.45, 2.75) is 58.4 Å². The van der Waals surface area contributed by atoms with E-state index in [2.05, 4.69) is 16.0 Å². The Labute approximate surface area is 147 Å². The highest BCUT2D eigenvalue weighted by Crippen LogP contribution is 2.00. The molecule has 0 saturated heterocycles. The number of rotatable bonds is 13. The van der Waals surface area contributed by atoms with Crippen molar-refractivity contribution in [2.24, 2.45) is 5.73 Å². The van der Waals surface area contributed by atoms with Crippen LogP contribution in [0, 0.1) is 0 Å². The summed E-state index contributed by atoms with van der Waals surface area (Å²) in [7, 11) is 0. The second-order valence-electron chi connectivity index (χ2n) is 5.85. The van der Waals surface area contributed by atoms with E-state index in [1.807, 2.05) is 0 Å². The first-order valence-corrected chi connectivity index (χ1v) is 8.31. The van der Waals surface area contributed by atoms with Gasteiger partial charge in [0.05, 0.1) is 12.6 Å². The van der Waals surface area contributed by atoms with Gasteiger partial charge in [0.1, 0.15) is 5.78 Å². The molecule has 0 spiro atoms. The van der Waals surface area contributed by atoms with Crippen LogP contribution < -0.4 is 21.7 Å². The molecule has 1 atom stereocenters. The molecule has 25 heavy (non-hydrogen) atoms. The lowest BCUT2D eigenvalue weighted by Gasteiger charge is -2.16. The highest BCUT2D eigenvalue weighted by molar-refractivity contribution is 5.90. The van der Waals surface area contributed by atoms with Crippen molar-refractivity contribution in [3.63, 3.8) is 0 Å². The van der Waals surface area contributed by atoms with Gasteiger partial charge in [0.2, 0.25) is 11.8 Å². The Morgan fingerprint density at radius 2 is 1.52 bits per heavy atom. The maximum absolute atomic E-state index is 11.8. The number of unbranched alkanes of at least 4 members (excludes halogenated alkanes) is 1. The summed E-state index contributed by atoms with van der Waals surface area (Å²) in [6.07, 6.45) is 2.75. The van der Waals surface area contributed by atoms with Crippen LogP contribution in [0.15, 0.2) is 0 Å². The molecule has 9 nitrogen and oxygen atoms in total. The minimum atomic E-state index is -0.672. The standard InChI is InChI=1S/C16H28N4O5/c1-11(21)6-3-4-8-14(23)19-10-15(24)20-13(12(2)22)7-5-9-18-16(17)25/h13H,3-10H2,1-2H3,(H,19,23)(H,20,24)(H3,17,18,25). The van der Waals surface area contributed by atoms with Crippen molar-refractivity contribution >= 4 is 29.4 Å². The molecule has 142 valence electrons. The number of primary amides is 1. The molecule has 0 aromatic heterocycles. The Kier molecular flexibility index (Phi) is 11.6. The molecule has 4 amide bonds. The van der Waals surface area contributed by atoms with Crippen molar-refractivity contribution in [2.75, 3.05) is 13.1 Å². The van der Waals surface area contributed by atoms with Crippen LogP contribution in [0.1, 0.15) is 52.4 Å². The number of carbonyl (C=O) groups excluding carboxylic acids is 5. The van der Waals surface area contributed by atoms with E-state index in [1.54, 1.807) is 0 Å². The van der Waals surface area contributed by atoms with Crippen molar-refractivity contribution in [3.05, 3.63) is 0 Å². The van der Waals surface area contributed by atoms with E-state index in [4.69, 9.17) is 5.73 Å². The van der Waals surface area contributed by atoms with Gasteiger partial charge in [0.15, 0.2) is 5.78 Å². The van der Waals surface area contributed by atoms with Crippen LogP contribution in [-0.4, -0.2) is 48.5 Å². The summed E-state index contributed by atoms with van der Waals surface area (Å²) in [5.74, 6) is -0.854. The van der Waals surface area contributed by atoms with E-state index in [9.17, 15) is 24.0 Å². The van der Waals surface area contributed by atoms with Crippen LogP contribution in [0.5, 0.6) is 0 Å². The first kappa shape index (κ1) is 22.6. The quantitative estimate of drug-likeness (QED) is 0.337. The summed E-state index contributed by atoms with van der Waals surface area (Å²) in [6, 6.07) is -1.32. The van der Waals surface area contributed by atoms with E-state index in [1.165, 1.54) is 13.8 Å². The van der Waals surface area contributed by atoms with Crippen LogP contribution in [0.4, 0.5) is 4.79 Å². The van der Waals surface area contributed by atoms with Gasteiger partial charge in [0, 0.05) is 19.4 Å². The number of hydrogen-bond donors (Lipinski definition) is 4. The lowest BCUT2D eigenvalue weighted by molar-refractivity contribution is -0.128. The minimum Gasteiger partial charge on any atom is -0.352 e. The average molecular weight is 356 g/mol. The Balaban J connectivity index is 4.01. The summed E-state index contributed by atoms with van der Waals surface area (Å²) in [6.45, 7) is 2.96. The van der Waals surface area contributed by atoms with Crippen molar-refractivity contribution in [1.29, 1.82) is 0 Å². The lowest BCUT2D eigenvalue weighted by atomic mass is 10.1. The molecule has 0 bridgehead atoms. The van der Waals surface area contributed by atoms with E-state index < -0.39 is 18.0 Å². The summed E-state index contributed by atoms with van der Waals surface area (Å²) in [4.78, 5) is 56.3. The maximum atomic E-state index is 11.8. The van der Waals surface area contributed by atoms with E-state index in [0.717, 1.165) is 0 Å². The van der Waals surface area contributed by atoms with Crippen LogP contribution in [0.2, 0.25) is 0 Å². The van der Waals surface area contributed by atoms with Crippen LogP contribution in [0.25, 0.3) is 0 Å². The summed E-state index contributed by atoms with van der Waals surface area (Å²) in [5, 5.41) is 7.43. The molecule has 5 N–H and O–H groups in total. The Morgan fingerprint density at radius 1 is 0.880 bits per heavy atom. The van der Waals surface area contributed by atoms with Gasteiger partial charge in [-0.05, 0) is 39.5 Å². The number of amides is 4. The largest absolute Gasteiger partial charge is 0.352 e. The van der Waals surface area contributed by atoms with Gasteiger partial charge in [-0.3, -0.25) is 14.4 Å². The highest BCUT2D eigenvalue weighted by atomic mass is 16.2. The molecule has 0 aliphatic heterocycles. The first-order valence-electron chi connectivity index (χ1n) is 8.31. The van der Waals surface area contributed by atoms with E-state index in [0.29, 0.717) is 38.6 Å². The van der Waals surface area contributed by atoms with Gasteiger partial charge < -0.3 is 26.5 Å². The molecule has 0 aromatic carbocycles. The smallest absolute Gasteiger partial charge is 0.312 e. The average Bonchev–Trinajstić information content (AvgIpc) is 2.51. The predicted octanol–water partition coefficient (Wildman–Crippen LogP) is -0.226. The van der Waals surface area contributed by atoms with Gasteiger partial charge in [0.25, 0.3) is 0 Å². The normalized spacial score (nSPS) is 11.3. The van der Waals surface area contributed by atoms with Gasteiger partial charge in [-0.25, -0.2) is 4.79 Å². The fourth-order valence-corrected chi connectivity index (χ4v) is 2.07. The third kappa shape index (κ3) is 13.7. The monoisotopic (exact) mass is 356 g/mol. The fraction of sp³-hybridized carbons (Fsp3) is 0.688. The summed E-state index contributed by atoms with van der Waals surface area (Å²) in [5.41, 5.74) is 4.93. The summed E-state index contributed by atoms with van der Waals surface area (Å²) >= 11 is 0. The highest BCUT2D eigenvalue weighted by Gasteiger charge is 2.17. The first-order chi connectivity index (χ1) is 11.7. The third-order valence-corrected chi connectivity index (χ3v) is 3.42. The zero-order chi connectivity index (χ0) is 19.2. The molecule has 9 heteroatoms. The molecular weight excluding hydrogens is 328 g/mol. The molecule has 0 rings (SSSR count). The van der Waals surface area contributed by atoms with Crippen LogP contribution in [0.3, 0.4) is 0 Å². The molecule has 0 aliphatic carbocycles. The number of hydrogen-bond acceptors (Lipinski definition) is 5. The second kappa shape index (κ2) is 12.9. The zero-order valence-electron chi connectivity index (χ0n) is 14.9. The predicted molar refractivity (Wildman–Crippen MR) is 91.6 cm³/mol. The molecule has 0 aromatic rings. The van der Waals surface area contributed by atoms with E-state index >= 15 is 0 Å². The topological polar surface area (TPSA) is 147 Å². The molecule has 1 unspecified atom stereocenters. The number of nitrogens with one attached hydrogen (secondary N) is 3. The fourth-order valence-electron chi connectivity index (χ4n) is 2.07. The van der Waals surface area contributed by atoms with Gasteiger partial charge in [-0.1, -0.05) is 0 Å². The maximum Gasteiger partial charge on any atom is 0.312 e. The third-order valence-electron chi connectivity index (χ3n) is 3.42. The van der Waals surface area contributed by atoms with Gasteiger partial charge in [-0.2, -0.15) is 0 Å². The van der Waals surface area contributed by atoms with E-state index in [-0.39, 0.29) is 30.4 Å². The minimum absolute atomic E-state index is 0.0843. The Bertz CT molecular complexity index is 493. The van der Waals surface area contributed by atoms with Crippen molar-refractivity contribution in [1.82, 2.24) is 16.0 Å². The molecule has 0 aliphatic rings. The van der Waals surface area contributed by atoms with Crippen LogP contribution >= 0.6 is 0 Å². The number of Topliss-reactive ketones (excluding diaryl/α,β-unsaturated/α-hetero) is 2. The Hall–Kier alpha value is -2.45. The molecule has 0 heterocycles. The van der Waals surface area contributed by atoms with Gasteiger partial charge in [-0.15, -0.1) is 0 Å².